The normalized spacial score (nSPS) is 15.5. The minimum Gasteiger partial charge on any atom is -0.444 e. The van der Waals surface area contributed by atoms with Gasteiger partial charge in [-0.15, -0.1) is 0 Å². The highest BCUT2D eigenvalue weighted by atomic mass is 16.6. The summed E-state index contributed by atoms with van der Waals surface area (Å²) in [7, 11) is 0. The molecule has 0 saturated heterocycles. The Morgan fingerprint density at radius 3 is 2.67 bits per heavy atom. The number of ether oxygens (including phenoxy) is 1. The van der Waals surface area contributed by atoms with Crippen LogP contribution in [0.1, 0.15) is 62.6 Å². The topological polar surface area (TPSA) is 66.2 Å². The van der Waals surface area contributed by atoms with Gasteiger partial charge in [0.1, 0.15) is 17.4 Å². The van der Waals surface area contributed by atoms with Gasteiger partial charge in [0, 0.05) is 30.4 Å². The molecule has 1 aromatic carbocycles. The van der Waals surface area contributed by atoms with Crippen molar-refractivity contribution in [1.82, 2.24) is 9.88 Å². The summed E-state index contributed by atoms with van der Waals surface area (Å²) in [6.45, 7) is 11.1. The van der Waals surface area contributed by atoms with Gasteiger partial charge in [-0.05, 0) is 75.3 Å². The first-order valence-corrected chi connectivity index (χ1v) is 10.4. The van der Waals surface area contributed by atoms with Gasteiger partial charge in [-0.25, -0.2) is 9.78 Å². The van der Waals surface area contributed by atoms with Gasteiger partial charge in [0.15, 0.2) is 0 Å². The third-order valence-electron chi connectivity index (χ3n) is 5.95. The van der Waals surface area contributed by atoms with Gasteiger partial charge in [-0.1, -0.05) is 23.8 Å². The molecule has 0 fully saturated rings. The molecule has 0 saturated carbocycles. The van der Waals surface area contributed by atoms with Crippen LogP contribution in [0.15, 0.2) is 30.0 Å². The predicted octanol–water partition coefficient (Wildman–Crippen LogP) is 5.26. The van der Waals surface area contributed by atoms with Gasteiger partial charge in [-0.3, -0.25) is 0 Å². The number of rotatable bonds is 1. The van der Waals surface area contributed by atoms with Crippen LogP contribution in [0, 0.1) is 11.3 Å². The molecule has 2 aliphatic rings. The Morgan fingerprint density at radius 1 is 1.20 bits per heavy atom. The number of fused-ring (bicyclic) bond motifs is 2. The smallest absolute Gasteiger partial charge is 0.410 e. The number of nitriles is 1. The SMILES string of the molecule is CC1=C(C)c2c(-c3cccc4c3CCN(C(=O)OC(C)(C)C)C4)cnc(C#N)c2C1. The van der Waals surface area contributed by atoms with Crippen LogP contribution in [-0.4, -0.2) is 28.1 Å². The fourth-order valence-corrected chi connectivity index (χ4v) is 4.41. The summed E-state index contributed by atoms with van der Waals surface area (Å²) in [5.74, 6) is 0. The molecule has 1 aromatic heterocycles. The number of amides is 1. The average Bonchev–Trinajstić information content (AvgIpc) is 3.00. The minimum atomic E-state index is -0.504. The summed E-state index contributed by atoms with van der Waals surface area (Å²) in [6, 6.07) is 8.51. The van der Waals surface area contributed by atoms with Gasteiger partial charge < -0.3 is 9.64 Å². The fourth-order valence-electron chi connectivity index (χ4n) is 4.41. The quantitative estimate of drug-likeness (QED) is 0.653. The summed E-state index contributed by atoms with van der Waals surface area (Å²) in [5, 5.41) is 9.51. The number of hydrogen-bond acceptors (Lipinski definition) is 4. The van der Waals surface area contributed by atoms with E-state index in [0.29, 0.717) is 18.8 Å². The standard InChI is InChI=1S/C25H27N3O2/c1-15-11-20-22(12-26)27-13-21(23(20)16(15)2)19-8-6-7-17-14-28(10-9-18(17)19)24(29)30-25(3,4)5/h6-8,13H,9-11,14H2,1-5H3. The molecule has 0 unspecified atom stereocenters. The third-order valence-corrected chi connectivity index (χ3v) is 5.95. The lowest BCUT2D eigenvalue weighted by atomic mass is 9.87. The molecule has 154 valence electrons. The second-order valence-corrected chi connectivity index (χ2v) is 9.16. The number of aromatic nitrogens is 1. The monoisotopic (exact) mass is 401 g/mol. The van der Waals surface area contributed by atoms with Gasteiger partial charge >= 0.3 is 6.09 Å². The van der Waals surface area contributed by atoms with Crippen molar-refractivity contribution >= 4 is 11.7 Å². The number of carbonyl (C=O) groups is 1. The van der Waals surface area contributed by atoms with E-state index in [1.54, 1.807) is 4.90 Å². The van der Waals surface area contributed by atoms with Gasteiger partial charge in [0.2, 0.25) is 0 Å². The van der Waals surface area contributed by atoms with E-state index in [4.69, 9.17) is 4.74 Å². The first kappa shape index (κ1) is 20.2. The van der Waals surface area contributed by atoms with Crippen molar-refractivity contribution in [3.63, 3.8) is 0 Å². The van der Waals surface area contributed by atoms with Gasteiger partial charge in [-0.2, -0.15) is 5.26 Å². The van der Waals surface area contributed by atoms with E-state index < -0.39 is 5.60 Å². The van der Waals surface area contributed by atoms with Gasteiger partial charge in [0.25, 0.3) is 0 Å². The van der Waals surface area contributed by atoms with Crippen molar-refractivity contribution in [3.8, 4) is 17.2 Å². The lowest BCUT2D eigenvalue weighted by Gasteiger charge is -2.32. The van der Waals surface area contributed by atoms with Crippen molar-refractivity contribution in [2.45, 2.75) is 59.6 Å². The molecule has 5 heteroatoms. The number of benzene rings is 1. The Hall–Kier alpha value is -3.13. The molecule has 1 aliphatic heterocycles. The Labute approximate surface area is 178 Å². The van der Waals surface area contributed by atoms with E-state index in [9.17, 15) is 10.1 Å². The van der Waals surface area contributed by atoms with E-state index >= 15 is 0 Å². The molecule has 2 heterocycles. The third kappa shape index (κ3) is 3.47. The summed E-state index contributed by atoms with van der Waals surface area (Å²) in [6.07, 6.45) is 3.12. The summed E-state index contributed by atoms with van der Waals surface area (Å²) >= 11 is 0. The Morgan fingerprint density at radius 2 is 1.97 bits per heavy atom. The number of nitrogens with zero attached hydrogens (tertiary/aromatic N) is 3. The summed E-state index contributed by atoms with van der Waals surface area (Å²) < 4.78 is 5.56. The van der Waals surface area contributed by atoms with E-state index in [1.165, 1.54) is 16.7 Å². The van der Waals surface area contributed by atoms with Crippen molar-refractivity contribution in [3.05, 3.63) is 57.9 Å². The maximum absolute atomic E-state index is 12.5. The van der Waals surface area contributed by atoms with Crippen LogP contribution in [-0.2, 0) is 24.1 Å². The number of allylic oxidation sites excluding steroid dienone is 2. The average molecular weight is 402 g/mol. The molecular weight excluding hydrogens is 374 g/mol. The number of hydrogen-bond donors (Lipinski definition) is 0. The van der Waals surface area contributed by atoms with E-state index in [0.717, 1.165) is 40.7 Å². The second kappa shape index (κ2) is 7.28. The zero-order valence-corrected chi connectivity index (χ0v) is 18.3. The van der Waals surface area contributed by atoms with Crippen LogP contribution in [0.3, 0.4) is 0 Å². The number of carbonyl (C=O) groups excluding carboxylic acids is 1. The summed E-state index contributed by atoms with van der Waals surface area (Å²) in [4.78, 5) is 18.8. The van der Waals surface area contributed by atoms with Crippen molar-refractivity contribution in [1.29, 1.82) is 5.26 Å². The molecule has 0 radical (unpaired) electrons. The van der Waals surface area contributed by atoms with Crippen LogP contribution in [0.2, 0.25) is 0 Å². The highest BCUT2D eigenvalue weighted by molar-refractivity contribution is 5.88. The molecule has 1 amide bonds. The van der Waals surface area contributed by atoms with Crippen LogP contribution < -0.4 is 0 Å². The first-order valence-electron chi connectivity index (χ1n) is 10.4. The van der Waals surface area contributed by atoms with Crippen molar-refractivity contribution in [2.75, 3.05) is 6.54 Å². The molecule has 0 atom stereocenters. The van der Waals surface area contributed by atoms with Crippen LogP contribution >= 0.6 is 0 Å². The van der Waals surface area contributed by atoms with E-state index in [-0.39, 0.29) is 6.09 Å². The fraction of sp³-hybridized carbons (Fsp3) is 0.400. The maximum Gasteiger partial charge on any atom is 0.410 e. The Balaban J connectivity index is 1.74. The zero-order chi connectivity index (χ0) is 21.6. The highest BCUT2D eigenvalue weighted by Crippen LogP contribution is 2.42. The number of pyridine rings is 1. The zero-order valence-electron chi connectivity index (χ0n) is 18.3. The summed E-state index contributed by atoms with van der Waals surface area (Å²) in [5.41, 5.74) is 9.36. The van der Waals surface area contributed by atoms with Crippen LogP contribution in [0.5, 0.6) is 0 Å². The minimum absolute atomic E-state index is 0.270. The van der Waals surface area contributed by atoms with Gasteiger partial charge in [0.05, 0.1) is 0 Å². The molecule has 0 spiro atoms. The van der Waals surface area contributed by atoms with E-state index in [1.807, 2.05) is 33.0 Å². The second-order valence-electron chi connectivity index (χ2n) is 9.16. The van der Waals surface area contributed by atoms with Crippen molar-refractivity contribution < 1.29 is 9.53 Å². The molecule has 0 N–H and O–H groups in total. The molecule has 0 bridgehead atoms. The first-order chi connectivity index (χ1) is 14.2. The Bertz CT molecular complexity index is 1120. The lowest BCUT2D eigenvalue weighted by Crippen LogP contribution is -2.40. The molecule has 4 rings (SSSR count). The predicted molar refractivity (Wildman–Crippen MR) is 117 cm³/mol. The van der Waals surface area contributed by atoms with Crippen LogP contribution in [0.25, 0.3) is 16.7 Å². The molecule has 2 aromatic rings. The lowest BCUT2D eigenvalue weighted by molar-refractivity contribution is 0.0224. The van der Waals surface area contributed by atoms with Crippen molar-refractivity contribution in [2.24, 2.45) is 0 Å². The van der Waals surface area contributed by atoms with Crippen LogP contribution in [0.4, 0.5) is 4.79 Å². The Kier molecular flexibility index (Phi) is 4.89. The molecule has 30 heavy (non-hydrogen) atoms. The largest absolute Gasteiger partial charge is 0.444 e. The molecule has 1 aliphatic carbocycles. The highest BCUT2D eigenvalue weighted by Gasteiger charge is 2.29. The molecule has 5 nitrogen and oxygen atoms in total. The maximum atomic E-state index is 12.5. The van der Waals surface area contributed by atoms with E-state index in [2.05, 4.69) is 37.0 Å². The molecular formula is C25H27N3O2.